The van der Waals surface area contributed by atoms with Crippen LogP contribution >= 0.6 is 0 Å². The maximum absolute atomic E-state index is 13.0. The van der Waals surface area contributed by atoms with Crippen LogP contribution in [0.3, 0.4) is 0 Å². The zero-order valence-electron chi connectivity index (χ0n) is 26.8. The minimum atomic E-state index is -0.369. The number of nitrogens with one attached hydrogen (secondary N) is 2. The zero-order chi connectivity index (χ0) is 33.6. The van der Waals surface area contributed by atoms with E-state index in [0.717, 1.165) is 59.1 Å². The molecule has 0 spiro atoms. The van der Waals surface area contributed by atoms with Crippen LogP contribution in [0, 0.1) is 0 Å². The Bertz CT molecular complexity index is 1690. The Morgan fingerprint density at radius 1 is 0.458 bits per heavy atom. The lowest BCUT2D eigenvalue weighted by Crippen LogP contribution is -2.42. The monoisotopic (exact) mass is 646 g/mol. The Morgan fingerprint density at radius 2 is 0.771 bits per heavy atom. The molecule has 48 heavy (non-hydrogen) atoms. The Balaban J connectivity index is 0.808. The average Bonchev–Trinajstić information content (AvgIpc) is 3.10. The van der Waals surface area contributed by atoms with Gasteiger partial charge in [-0.15, -0.1) is 0 Å². The summed E-state index contributed by atoms with van der Waals surface area (Å²) in [4.78, 5) is 79.1. The summed E-state index contributed by atoms with van der Waals surface area (Å²) in [5.41, 5.74) is 1.94. The molecule has 0 saturated carbocycles. The molecule has 6 rings (SSSR count). The number of amides is 6. The van der Waals surface area contributed by atoms with Crippen molar-refractivity contribution >= 4 is 57.0 Å². The Morgan fingerprint density at radius 3 is 1.10 bits per heavy atom. The number of benzene rings is 4. The third-order valence-electron chi connectivity index (χ3n) is 9.08. The van der Waals surface area contributed by atoms with Crippen LogP contribution < -0.4 is 10.6 Å². The lowest BCUT2D eigenvalue weighted by Gasteiger charge is -2.27. The maximum atomic E-state index is 13.0. The van der Waals surface area contributed by atoms with Gasteiger partial charge < -0.3 is 10.6 Å². The van der Waals surface area contributed by atoms with Gasteiger partial charge in [0.2, 0.25) is 11.8 Å². The summed E-state index contributed by atoms with van der Waals surface area (Å²) in [7, 11) is 0. The van der Waals surface area contributed by atoms with Crippen molar-refractivity contribution in [2.75, 3.05) is 26.2 Å². The van der Waals surface area contributed by atoms with E-state index < -0.39 is 0 Å². The third-order valence-corrected chi connectivity index (χ3v) is 9.08. The molecule has 2 aliphatic heterocycles. The summed E-state index contributed by atoms with van der Waals surface area (Å²) in [5, 5.41) is 8.81. The average molecular weight is 647 g/mol. The molecular formula is C38H38N4O6. The molecule has 2 N–H and O–H groups in total. The van der Waals surface area contributed by atoms with Crippen LogP contribution in [0.1, 0.15) is 92.8 Å². The van der Waals surface area contributed by atoms with Crippen LogP contribution in [0.4, 0.5) is 0 Å². The first-order valence-corrected chi connectivity index (χ1v) is 16.6. The van der Waals surface area contributed by atoms with E-state index in [9.17, 15) is 28.8 Å². The molecule has 0 fully saturated rings. The summed E-state index contributed by atoms with van der Waals surface area (Å²) in [6.07, 6.45) is 5.65. The van der Waals surface area contributed by atoms with Gasteiger partial charge >= 0.3 is 0 Å². The summed E-state index contributed by atoms with van der Waals surface area (Å²) < 4.78 is 0. The maximum Gasteiger partial charge on any atom is 0.261 e. The highest BCUT2D eigenvalue weighted by molar-refractivity contribution is 6.26. The lowest BCUT2D eigenvalue weighted by atomic mass is 9.94. The number of rotatable bonds is 15. The van der Waals surface area contributed by atoms with Crippen molar-refractivity contribution in [3.05, 3.63) is 95.1 Å². The second-order valence-electron chi connectivity index (χ2n) is 12.3. The first-order valence-electron chi connectivity index (χ1n) is 16.6. The molecule has 10 heteroatoms. The molecule has 4 aromatic rings. The number of unbranched alkanes of at least 4 members (excludes halogenated alkanes) is 5. The fourth-order valence-corrected chi connectivity index (χ4v) is 6.58. The van der Waals surface area contributed by atoms with Gasteiger partial charge in [0.1, 0.15) is 0 Å². The molecule has 0 saturated heterocycles. The van der Waals surface area contributed by atoms with E-state index in [0.29, 0.717) is 46.1 Å². The van der Waals surface area contributed by atoms with Gasteiger partial charge in [0, 0.05) is 72.0 Å². The van der Waals surface area contributed by atoms with Gasteiger partial charge in [-0.1, -0.05) is 74.2 Å². The third kappa shape index (κ3) is 6.69. The molecular weight excluding hydrogens is 608 g/mol. The predicted molar refractivity (Wildman–Crippen MR) is 182 cm³/mol. The molecule has 0 atom stereocenters. The minimum absolute atomic E-state index is 0.0324. The van der Waals surface area contributed by atoms with E-state index in [-0.39, 0.29) is 61.4 Å². The van der Waals surface area contributed by atoms with Crippen molar-refractivity contribution in [1.82, 2.24) is 20.4 Å². The Kier molecular flexibility index (Phi) is 9.89. The quantitative estimate of drug-likeness (QED) is 0.134. The van der Waals surface area contributed by atoms with E-state index in [1.165, 1.54) is 0 Å². The van der Waals surface area contributed by atoms with Crippen molar-refractivity contribution in [3.8, 4) is 0 Å². The van der Waals surface area contributed by atoms with Gasteiger partial charge in [-0.25, -0.2) is 0 Å². The molecule has 246 valence electrons. The highest BCUT2D eigenvalue weighted by atomic mass is 16.2. The molecule has 0 aliphatic carbocycles. The van der Waals surface area contributed by atoms with E-state index in [4.69, 9.17) is 0 Å². The molecule has 6 amide bonds. The molecule has 2 aliphatic rings. The number of hydrogen-bond acceptors (Lipinski definition) is 6. The summed E-state index contributed by atoms with van der Waals surface area (Å²) in [6.45, 7) is 1.12. The van der Waals surface area contributed by atoms with Crippen molar-refractivity contribution in [1.29, 1.82) is 0 Å². The normalized spacial score (nSPS) is 13.8. The topological polar surface area (TPSA) is 133 Å². The summed E-state index contributed by atoms with van der Waals surface area (Å²) in [6, 6.07) is 21.6. The van der Waals surface area contributed by atoms with Crippen molar-refractivity contribution in [3.63, 3.8) is 0 Å². The smallest absolute Gasteiger partial charge is 0.261 e. The lowest BCUT2D eigenvalue weighted by molar-refractivity contribution is -0.122. The Hall–Kier alpha value is -5.38. The minimum Gasteiger partial charge on any atom is -0.356 e. The first kappa shape index (κ1) is 32.6. The van der Waals surface area contributed by atoms with Crippen LogP contribution in [0.2, 0.25) is 0 Å². The molecule has 4 aromatic carbocycles. The van der Waals surface area contributed by atoms with Crippen LogP contribution in [-0.4, -0.2) is 71.4 Å². The summed E-state index contributed by atoms with van der Waals surface area (Å²) in [5.74, 6) is -1.86. The first-order chi connectivity index (χ1) is 23.3. The van der Waals surface area contributed by atoms with Gasteiger partial charge in [-0.05, 0) is 47.9 Å². The number of hydrogen-bond donors (Lipinski definition) is 2. The van der Waals surface area contributed by atoms with E-state index >= 15 is 0 Å². The molecule has 2 heterocycles. The molecule has 0 bridgehead atoms. The van der Waals surface area contributed by atoms with Crippen LogP contribution in [-0.2, 0) is 9.59 Å². The number of carbonyl (C=O) groups is 6. The standard InChI is InChI=1S/C38H38N4O6/c43-31(19-23-41-35(45)27-15-7-11-25-12-8-16-28(33(25)27)36(41)46)39-21-5-3-1-2-4-6-22-40-32(44)20-24-42-37(47)29-17-9-13-26-14-10-18-30(34(26)29)38(42)48/h7-18H,1-6,19-24H2,(H,39,43)(H,40,44). The van der Waals surface area contributed by atoms with Crippen molar-refractivity contribution in [2.45, 2.75) is 51.4 Å². The predicted octanol–water partition coefficient (Wildman–Crippen LogP) is 5.24. The number of carbonyl (C=O) groups excluding carboxylic acids is 6. The van der Waals surface area contributed by atoms with Crippen molar-refractivity contribution < 1.29 is 28.8 Å². The molecule has 0 radical (unpaired) electrons. The van der Waals surface area contributed by atoms with Gasteiger partial charge in [0.05, 0.1) is 0 Å². The van der Waals surface area contributed by atoms with Crippen LogP contribution in [0.25, 0.3) is 21.5 Å². The second kappa shape index (κ2) is 14.6. The van der Waals surface area contributed by atoms with E-state index in [1.54, 1.807) is 48.5 Å². The second-order valence-corrected chi connectivity index (χ2v) is 12.3. The van der Waals surface area contributed by atoms with E-state index in [2.05, 4.69) is 10.6 Å². The highest BCUT2D eigenvalue weighted by Crippen LogP contribution is 2.31. The fourth-order valence-electron chi connectivity index (χ4n) is 6.58. The Labute approximate surface area is 278 Å². The van der Waals surface area contributed by atoms with Gasteiger partial charge in [-0.2, -0.15) is 0 Å². The number of imide groups is 2. The highest BCUT2D eigenvalue weighted by Gasteiger charge is 2.34. The van der Waals surface area contributed by atoms with Crippen molar-refractivity contribution in [2.24, 2.45) is 0 Å². The van der Waals surface area contributed by atoms with Gasteiger partial charge in [0.15, 0.2) is 0 Å². The molecule has 10 nitrogen and oxygen atoms in total. The largest absolute Gasteiger partial charge is 0.356 e. The van der Waals surface area contributed by atoms with Gasteiger partial charge in [-0.3, -0.25) is 38.6 Å². The molecule has 0 unspecified atom stereocenters. The van der Waals surface area contributed by atoms with Gasteiger partial charge in [0.25, 0.3) is 23.6 Å². The van der Waals surface area contributed by atoms with E-state index in [1.807, 2.05) is 24.3 Å². The zero-order valence-corrected chi connectivity index (χ0v) is 26.8. The number of nitrogens with zero attached hydrogens (tertiary/aromatic N) is 2. The van der Waals surface area contributed by atoms with Crippen LogP contribution in [0.5, 0.6) is 0 Å². The fraction of sp³-hybridized carbons (Fsp3) is 0.316. The summed E-state index contributed by atoms with van der Waals surface area (Å²) >= 11 is 0. The molecule has 0 aromatic heterocycles. The van der Waals surface area contributed by atoms with Crippen LogP contribution in [0.15, 0.2) is 72.8 Å². The SMILES string of the molecule is O=C(CCN1C(=O)c2cccc3cccc(c23)C1=O)NCCCCCCCCNC(=O)CCN1C(=O)c2cccc3cccc(c23)C1=O.